The monoisotopic (exact) mass is 2010 g/mol. The van der Waals surface area contributed by atoms with E-state index < -0.39 is 0 Å². The maximum atomic E-state index is 13.3. The van der Waals surface area contributed by atoms with E-state index in [1.165, 1.54) is 73.4 Å². The zero-order valence-corrected chi connectivity index (χ0v) is 84.2. The molecule has 0 aliphatic carbocycles. The number of nitrogens with zero attached hydrogens (tertiary/aromatic N) is 7. The van der Waals surface area contributed by atoms with Crippen molar-refractivity contribution in [1.29, 1.82) is 0 Å². The van der Waals surface area contributed by atoms with Crippen LogP contribution in [-0.4, -0.2) is 169 Å². The molecule has 7 aliphatic heterocycles. The van der Waals surface area contributed by atoms with Crippen LogP contribution in [0.2, 0.25) is 5.02 Å². The quantitative estimate of drug-likeness (QED) is 0.0261. The average Bonchev–Trinajstić information content (AvgIpc) is 0.880. The lowest BCUT2D eigenvalue weighted by Crippen LogP contribution is -2.46. The Morgan fingerprint density at radius 2 is 0.430 bits per heavy atom. The van der Waals surface area contributed by atoms with Gasteiger partial charge in [0, 0.05) is 169 Å². The Labute approximate surface area is 874 Å². The largest absolute Gasteiger partial charge is 0.490 e. The van der Waals surface area contributed by atoms with Gasteiger partial charge in [0.1, 0.15) is 110 Å². The molecule has 0 bridgehead atoms. The first-order valence-electron chi connectivity index (χ1n) is 49.6. The predicted octanol–water partition coefficient (Wildman–Crippen LogP) is 18.0. The second-order valence-electron chi connectivity index (χ2n) is 36.2. The topological polar surface area (TPSA) is 239 Å². The second-order valence-corrected chi connectivity index (χ2v) is 36.6. The molecule has 0 amide bonds. The van der Waals surface area contributed by atoms with Crippen LogP contribution >= 0.6 is 11.6 Å². The van der Waals surface area contributed by atoms with Gasteiger partial charge < -0.3 is 70.4 Å². The van der Waals surface area contributed by atoms with Crippen molar-refractivity contribution >= 4 is 11.6 Å². The van der Waals surface area contributed by atoms with Gasteiger partial charge in [-0.2, -0.15) is 0 Å². The summed E-state index contributed by atoms with van der Waals surface area (Å²) in [6.07, 6.45) is 31.9. The average molecular weight is 2010 g/mol. The highest BCUT2D eigenvalue weighted by Crippen LogP contribution is 2.24. The molecule has 21 nitrogen and oxygen atoms in total. The molecule has 0 spiro atoms. The van der Waals surface area contributed by atoms with E-state index in [1.54, 1.807) is 98.9 Å². The lowest BCUT2D eigenvalue weighted by molar-refractivity contribution is 0.217. The fourth-order valence-electron chi connectivity index (χ4n) is 14.5. The molecule has 0 radical (unpaired) electrons. The van der Waals surface area contributed by atoms with Gasteiger partial charge in [-0.05, 0) is 293 Å². The number of aromatic nitrogens is 7. The minimum Gasteiger partial charge on any atom is -0.490 e. The zero-order valence-electron chi connectivity index (χ0n) is 83.4. The third kappa shape index (κ3) is 38.6. The van der Waals surface area contributed by atoms with Crippen LogP contribution < -0.4 is 70.4 Å². The first-order valence-corrected chi connectivity index (χ1v) is 50.0. The number of rotatable bonds is 21. The number of pyridine rings is 7. The van der Waals surface area contributed by atoms with Crippen LogP contribution in [0.15, 0.2) is 287 Å². The van der Waals surface area contributed by atoms with Crippen molar-refractivity contribution in [2.24, 2.45) is 0 Å². The molecule has 7 aromatic carbocycles. The third-order valence-electron chi connectivity index (χ3n) is 23.7. The smallest absolute Gasteiger partial charge is 0.138 e. The van der Waals surface area contributed by atoms with Gasteiger partial charge in [0.25, 0.3) is 0 Å². The van der Waals surface area contributed by atoms with Gasteiger partial charge in [0.05, 0.1) is 43.4 Å². The Hall–Kier alpha value is -16.2. The summed E-state index contributed by atoms with van der Waals surface area (Å²) in [4.78, 5) is 29.0. The second kappa shape index (κ2) is 57.7. The summed E-state index contributed by atoms with van der Waals surface area (Å²) >= 11 is 5.94. The van der Waals surface area contributed by atoms with Crippen LogP contribution in [0, 0.1) is 134 Å². The van der Waals surface area contributed by atoms with Crippen molar-refractivity contribution in [3.63, 3.8) is 0 Å². The van der Waals surface area contributed by atoms with Crippen molar-refractivity contribution in [3.05, 3.63) is 415 Å². The van der Waals surface area contributed by atoms with E-state index in [2.05, 4.69) is 174 Å². The normalized spacial score (nSPS) is 16.5. The van der Waals surface area contributed by atoms with Gasteiger partial charge in [-0.25, -0.2) is 17.6 Å². The standard InChI is InChI=1S/3C18H17FN2O.C18H18N2O.C17H15ClN2O.C17H15FN2O.C17H16N2O/c3*1-13-6-14(8-16(19)7-13)2-3-15-9-18(11-20-10-15)22-12-17-4-5-21-17;1-14-2-4-15(5-3-14)6-7-16-10-18(12-19-11-16)21-13-17-8-9-20-17;2*18-15-3-1-2-13(8-15)4-5-14-9-17(11-19-10-14)21-12-16-6-7-20-16;1-2-4-14(5-3-1)6-7-15-10-17(12-18-11-15)20-13-16-8-9-19-16/h3*6-11,17,21H,4-5,12H2,1H3;2-5,10-12,17,20H,8-9,13H2,1H3;2*1-3,8-11,16,20H,6-7,12H2;1-5,10-12,16,19H,8-9,13H2/t4*17-;3*16-/m0000000/s1. The van der Waals surface area contributed by atoms with Crippen molar-refractivity contribution in [1.82, 2.24) is 72.1 Å². The van der Waals surface area contributed by atoms with Crippen LogP contribution in [0.5, 0.6) is 40.2 Å². The van der Waals surface area contributed by atoms with E-state index in [0.717, 1.165) is 161 Å². The van der Waals surface area contributed by atoms with Crippen LogP contribution in [0.25, 0.3) is 0 Å². The maximum absolute atomic E-state index is 13.3. The molecule has 754 valence electrons. The summed E-state index contributed by atoms with van der Waals surface area (Å²) < 4.78 is 92.9. The van der Waals surface area contributed by atoms with E-state index in [9.17, 15) is 17.6 Å². The minimum absolute atomic E-state index is 0.271. The first kappa shape index (κ1) is 107. The molecular weight excluding hydrogens is 1900 g/mol. The van der Waals surface area contributed by atoms with Crippen molar-refractivity contribution in [2.45, 2.75) is 115 Å². The van der Waals surface area contributed by atoms with E-state index in [4.69, 9.17) is 44.8 Å². The van der Waals surface area contributed by atoms with Gasteiger partial charge >= 0.3 is 0 Å². The lowest BCUT2D eigenvalue weighted by Gasteiger charge is -2.27. The number of hydrogen-bond donors (Lipinski definition) is 7. The summed E-state index contributed by atoms with van der Waals surface area (Å²) in [6.45, 7) is 19.7. The van der Waals surface area contributed by atoms with E-state index in [0.29, 0.717) is 139 Å². The zero-order chi connectivity index (χ0) is 103. The van der Waals surface area contributed by atoms with Crippen LogP contribution in [0.3, 0.4) is 0 Å². The van der Waals surface area contributed by atoms with Crippen LogP contribution in [-0.2, 0) is 0 Å². The Balaban J connectivity index is 0.000000130. The van der Waals surface area contributed by atoms with Gasteiger partial charge in [-0.3, -0.25) is 34.9 Å². The molecule has 14 heterocycles. The highest BCUT2D eigenvalue weighted by atomic mass is 35.5. The highest BCUT2D eigenvalue weighted by molar-refractivity contribution is 6.30. The summed E-state index contributed by atoms with van der Waals surface area (Å²) in [5.41, 5.74) is 14.9. The number of ether oxygens (including phenoxy) is 7. The Bertz CT molecular complexity index is 6780. The van der Waals surface area contributed by atoms with E-state index in [-0.39, 0.29) is 23.3 Å². The first-order chi connectivity index (χ1) is 72.8. The van der Waals surface area contributed by atoms with Crippen LogP contribution in [0.1, 0.15) is 145 Å². The Morgan fingerprint density at radius 3 is 0.664 bits per heavy atom. The minimum atomic E-state index is -0.287. The van der Waals surface area contributed by atoms with Crippen molar-refractivity contribution in [2.75, 3.05) is 92.1 Å². The lowest BCUT2D eigenvalue weighted by atomic mass is 10.1. The molecule has 14 aromatic rings. The molecule has 149 heavy (non-hydrogen) atoms. The summed E-state index contributed by atoms with van der Waals surface area (Å²) in [6, 6.07) is 62.4. The molecule has 7 aliphatic rings. The molecule has 21 rings (SSSR count). The molecule has 7 N–H and O–H groups in total. The number of aryl methyl sites for hydroxylation is 4. The maximum Gasteiger partial charge on any atom is 0.138 e. The Kier molecular flexibility index (Phi) is 41.4. The number of nitrogens with one attached hydrogen (secondary N) is 7. The molecule has 0 saturated carbocycles. The summed E-state index contributed by atoms with van der Waals surface area (Å²) in [5.74, 6) is 46.4. The van der Waals surface area contributed by atoms with E-state index >= 15 is 0 Å². The van der Waals surface area contributed by atoms with Crippen molar-refractivity contribution in [3.8, 4) is 123 Å². The Morgan fingerprint density at radius 1 is 0.215 bits per heavy atom. The molecule has 7 saturated heterocycles. The molecule has 7 fully saturated rings. The molecular formula is C123H115ClF4N14O7. The highest BCUT2D eigenvalue weighted by Gasteiger charge is 2.23. The number of halogens is 5. The number of hydrogen-bond acceptors (Lipinski definition) is 21. The number of benzene rings is 7. The molecule has 26 heteroatoms. The molecule has 0 unspecified atom stereocenters. The fourth-order valence-corrected chi connectivity index (χ4v) is 14.7. The van der Waals surface area contributed by atoms with Crippen molar-refractivity contribution < 1.29 is 50.7 Å². The van der Waals surface area contributed by atoms with Crippen LogP contribution in [0.4, 0.5) is 17.6 Å². The molecule has 7 atom stereocenters. The van der Waals surface area contributed by atoms with Gasteiger partial charge in [-0.1, -0.05) is 143 Å². The van der Waals surface area contributed by atoms with Gasteiger partial charge in [0.15, 0.2) is 0 Å². The SMILES string of the molecule is C(#Cc1cncc(OC[C@@H]2CCN2)c1)c1ccccc1.Cc1cc(F)cc(C#Cc2cncc(OC[C@@H]3CCN3)c2)c1.Cc1cc(F)cc(C#Cc2cncc(OC[C@@H]3CCN3)c2)c1.Cc1cc(F)cc(C#Cc2cncc(OC[C@@H]3CCN3)c2)c1.Cc1ccc(C#Cc2cncc(OC[C@@H]3CCN3)c2)cc1.Clc1cccc(C#Cc2cncc(OC[C@@H]3CCN3)c2)c1.Fc1cccc(C#Cc2cncc(OC[C@@H]3CCN3)c2)c1. The predicted molar refractivity (Wildman–Crippen MR) is 574 cm³/mol. The van der Waals surface area contributed by atoms with Gasteiger partial charge in [-0.15, -0.1) is 0 Å². The van der Waals surface area contributed by atoms with Gasteiger partial charge in [0.2, 0.25) is 0 Å². The summed E-state index contributed by atoms with van der Waals surface area (Å²) in [7, 11) is 0. The fraction of sp³-hybridized carbons (Fsp3) is 0.260. The third-order valence-corrected chi connectivity index (χ3v) is 23.9. The summed E-state index contributed by atoms with van der Waals surface area (Å²) in [5, 5.41) is 23.7. The van der Waals surface area contributed by atoms with E-state index in [1.807, 2.05) is 148 Å². The molecule has 7 aromatic heterocycles.